The van der Waals surface area contributed by atoms with E-state index in [4.69, 9.17) is 34.0 Å². The number of aliphatic hydroxyl groups is 1. The van der Waals surface area contributed by atoms with Crippen LogP contribution in [0, 0.1) is 0 Å². The molecular weight excluding hydrogens is 659 g/mol. The molecule has 4 rings (SSSR count). The molecule has 1 fully saturated rings. The fraction of sp³-hybridized carbons (Fsp3) is 0.296. The number of pyridine rings is 1. The molecule has 3 heterocycles. The number of carboxylic acids is 2. The van der Waals surface area contributed by atoms with Gasteiger partial charge < -0.3 is 31.2 Å². The molecule has 0 aliphatic carbocycles. The minimum absolute atomic E-state index is 0.0884. The number of hydrogen-bond donors (Lipinski definition) is 4. The number of benzene rings is 1. The Kier molecular flexibility index (Phi) is 11.5. The molecule has 43 heavy (non-hydrogen) atoms. The first kappa shape index (κ1) is 33.2. The number of nitrogens with zero attached hydrogens (tertiary/aromatic N) is 2. The van der Waals surface area contributed by atoms with E-state index in [1.54, 1.807) is 17.0 Å². The Balaban J connectivity index is 1.34. The quantitative estimate of drug-likeness (QED) is 0.102. The van der Waals surface area contributed by atoms with Gasteiger partial charge >= 0.3 is 5.97 Å². The minimum atomic E-state index is -1.45. The number of carboxylic acid groups (broad SMARTS) is 2. The minimum Gasteiger partial charge on any atom is -0.543 e. The van der Waals surface area contributed by atoms with Gasteiger partial charge in [0.2, 0.25) is 5.91 Å². The van der Waals surface area contributed by atoms with E-state index in [0.717, 1.165) is 22.7 Å². The van der Waals surface area contributed by atoms with Crippen molar-refractivity contribution >= 4 is 88.3 Å². The molecular formula is C27H26Cl2N4O7S3. The first-order valence-electron chi connectivity index (χ1n) is 12.7. The van der Waals surface area contributed by atoms with Crippen LogP contribution in [0.4, 0.5) is 0 Å². The zero-order valence-corrected chi connectivity index (χ0v) is 26.2. The Labute approximate surface area is 269 Å². The highest BCUT2D eigenvalue weighted by Crippen LogP contribution is 2.41. The van der Waals surface area contributed by atoms with Crippen molar-refractivity contribution in [2.45, 2.75) is 33.9 Å². The zero-order valence-electron chi connectivity index (χ0n) is 22.3. The summed E-state index contributed by atoms with van der Waals surface area (Å²) in [6.45, 7) is 0.507. The van der Waals surface area contributed by atoms with Crippen molar-refractivity contribution in [3.8, 4) is 0 Å². The number of aromatic nitrogens is 1. The van der Waals surface area contributed by atoms with Gasteiger partial charge in [0.05, 0.1) is 22.4 Å². The highest BCUT2D eigenvalue weighted by atomic mass is 35.5. The average molecular weight is 686 g/mol. The lowest BCUT2D eigenvalue weighted by Gasteiger charge is -2.50. The molecule has 11 nitrogen and oxygen atoms in total. The summed E-state index contributed by atoms with van der Waals surface area (Å²) < 4.78 is 1.79. The Morgan fingerprint density at radius 3 is 2.60 bits per heavy atom. The normalized spacial score (nSPS) is 18.8. The number of aliphatic carboxylic acids is 2. The molecule has 0 bridgehead atoms. The number of hydrogen-bond acceptors (Lipinski definition) is 10. The Morgan fingerprint density at radius 2 is 1.95 bits per heavy atom. The maximum absolute atomic E-state index is 13.0. The highest BCUT2D eigenvalue weighted by molar-refractivity contribution is 8.01. The lowest BCUT2D eigenvalue weighted by atomic mass is 10.0. The molecule has 228 valence electrons. The fourth-order valence-corrected chi connectivity index (χ4v) is 8.00. The molecule has 1 aromatic carbocycles. The number of halogens is 2. The molecule has 3 atom stereocenters. The number of carbonyl (C=O) groups is 4. The number of aliphatic hydroxyl groups excluding tert-OH is 1. The topological polar surface area (TPSA) is 177 Å². The van der Waals surface area contributed by atoms with E-state index in [1.165, 1.54) is 46.6 Å². The van der Waals surface area contributed by atoms with Gasteiger partial charge in [-0.1, -0.05) is 23.2 Å². The van der Waals surface area contributed by atoms with Crippen LogP contribution in [0.15, 0.2) is 63.8 Å². The van der Waals surface area contributed by atoms with Crippen LogP contribution in [0.3, 0.4) is 0 Å². The van der Waals surface area contributed by atoms with Crippen LogP contribution in [-0.2, 0) is 25.7 Å². The molecule has 0 saturated carbocycles. The van der Waals surface area contributed by atoms with E-state index in [2.05, 4.69) is 5.32 Å². The van der Waals surface area contributed by atoms with Gasteiger partial charge in [-0.15, -0.1) is 35.3 Å². The van der Waals surface area contributed by atoms with E-state index in [0.29, 0.717) is 34.1 Å². The van der Waals surface area contributed by atoms with Gasteiger partial charge in [-0.2, -0.15) is 0 Å². The lowest BCUT2D eigenvalue weighted by molar-refractivity contribution is -0.703. The first-order chi connectivity index (χ1) is 20.5. The molecule has 2 aromatic rings. The van der Waals surface area contributed by atoms with Crippen molar-refractivity contribution < 1.29 is 39.1 Å². The van der Waals surface area contributed by atoms with Crippen molar-refractivity contribution in [2.24, 2.45) is 5.73 Å². The summed E-state index contributed by atoms with van der Waals surface area (Å²) in [6.07, 6.45) is 5.17. The van der Waals surface area contributed by atoms with Crippen molar-refractivity contribution in [1.29, 1.82) is 0 Å². The highest BCUT2D eigenvalue weighted by Gasteiger charge is 2.52. The summed E-state index contributed by atoms with van der Waals surface area (Å²) in [5.74, 6) is -3.00. The van der Waals surface area contributed by atoms with Gasteiger partial charge in [-0.3, -0.25) is 14.5 Å². The maximum Gasteiger partial charge on any atom is 0.328 e. The fourth-order valence-electron chi connectivity index (χ4n) is 4.23. The van der Waals surface area contributed by atoms with E-state index >= 15 is 0 Å². The van der Waals surface area contributed by atoms with Gasteiger partial charge in [0.15, 0.2) is 18.9 Å². The number of thioether (sulfide) groups is 3. The second-order valence-electron chi connectivity index (χ2n) is 9.37. The van der Waals surface area contributed by atoms with Crippen LogP contribution in [0.1, 0.15) is 5.56 Å². The summed E-state index contributed by atoms with van der Waals surface area (Å²) in [7, 11) is 0. The molecule has 2 amide bonds. The van der Waals surface area contributed by atoms with Gasteiger partial charge in [0.25, 0.3) is 5.91 Å². The molecule has 0 spiro atoms. The first-order valence-corrected chi connectivity index (χ1v) is 16.5. The van der Waals surface area contributed by atoms with E-state index in [1.807, 2.05) is 12.1 Å². The van der Waals surface area contributed by atoms with Crippen molar-refractivity contribution in [2.75, 3.05) is 23.8 Å². The number of β-lactam (4-membered cyclic amide) rings is 1. The summed E-state index contributed by atoms with van der Waals surface area (Å²) in [4.78, 5) is 51.0. The summed E-state index contributed by atoms with van der Waals surface area (Å²) in [5.41, 5.74) is 6.23. The number of amides is 2. The summed E-state index contributed by atoms with van der Waals surface area (Å²) >= 11 is 16.3. The molecule has 1 aromatic heterocycles. The third-order valence-electron chi connectivity index (χ3n) is 6.34. The predicted octanol–water partition coefficient (Wildman–Crippen LogP) is 0.987. The summed E-state index contributed by atoms with van der Waals surface area (Å²) in [5, 5.41) is 33.2. The van der Waals surface area contributed by atoms with Crippen molar-refractivity contribution in [3.05, 3.63) is 69.6 Å². The molecule has 5 N–H and O–H groups in total. The van der Waals surface area contributed by atoms with Crippen LogP contribution in [0.25, 0.3) is 6.08 Å². The van der Waals surface area contributed by atoms with Crippen molar-refractivity contribution in [3.63, 3.8) is 0 Å². The van der Waals surface area contributed by atoms with Crippen molar-refractivity contribution in [1.82, 2.24) is 10.2 Å². The SMILES string of the molecule is NCC(O)C[n+]1ccc(SCC2=C(C(=O)[O-])N3C(=O)[C@@H](NC(=O)CSc4cc(Cl)c(C=CC(=O)O)cc4Cl)[C@H]3SC2)cc1. The van der Waals surface area contributed by atoms with Gasteiger partial charge in [0.1, 0.15) is 17.5 Å². The van der Waals surface area contributed by atoms with Crippen LogP contribution in [-0.4, -0.2) is 80.2 Å². The molecule has 1 unspecified atom stereocenters. The van der Waals surface area contributed by atoms with E-state index in [-0.39, 0.29) is 28.0 Å². The van der Waals surface area contributed by atoms with E-state index < -0.39 is 41.3 Å². The van der Waals surface area contributed by atoms with Crippen LogP contribution < -0.4 is 20.7 Å². The van der Waals surface area contributed by atoms with Crippen LogP contribution in [0.2, 0.25) is 10.0 Å². The monoisotopic (exact) mass is 684 g/mol. The molecule has 2 aliphatic heterocycles. The molecule has 2 aliphatic rings. The van der Waals surface area contributed by atoms with Crippen LogP contribution >= 0.6 is 58.5 Å². The number of fused-ring (bicyclic) bond motifs is 1. The standard InChI is InChI=1S/C27H26Cl2N4O7S3/c28-18-8-20(19(29)7-14(18)1-2-22(36)37)42-13-21(35)31-23-25(38)33-24(27(39)40)15(12-43-26(23)33)11-41-17-3-5-32(6-4-17)10-16(34)9-30/h1-8,16,23,26,34H,9-13,30H2,(H2-,31,35,36,37,39,40)/t16?,23-,26-/m1/s1. The predicted molar refractivity (Wildman–Crippen MR) is 163 cm³/mol. The average Bonchev–Trinajstić information content (AvgIpc) is 2.98. The lowest BCUT2D eigenvalue weighted by Crippen LogP contribution is -2.71. The second kappa shape index (κ2) is 14.8. The number of rotatable bonds is 13. The Bertz CT molecular complexity index is 1490. The number of nitrogens with one attached hydrogen (secondary N) is 1. The van der Waals surface area contributed by atoms with Gasteiger partial charge in [0, 0.05) is 51.1 Å². The van der Waals surface area contributed by atoms with Gasteiger partial charge in [-0.25, -0.2) is 9.36 Å². The van der Waals surface area contributed by atoms with E-state index in [9.17, 15) is 29.4 Å². The molecule has 1 saturated heterocycles. The Morgan fingerprint density at radius 1 is 1.23 bits per heavy atom. The summed E-state index contributed by atoms with van der Waals surface area (Å²) in [6, 6.07) is 5.80. The number of nitrogens with two attached hydrogens (primary N) is 1. The van der Waals surface area contributed by atoms with Gasteiger partial charge in [-0.05, 0) is 29.3 Å². The zero-order chi connectivity index (χ0) is 31.3. The largest absolute Gasteiger partial charge is 0.543 e. The smallest absolute Gasteiger partial charge is 0.328 e. The third kappa shape index (κ3) is 8.26. The van der Waals surface area contributed by atoms with Crippen LogP contribution in [0.5, 0.6) is 0 Å². The maximum atomic E-state index is 13.0. The third-order valence-corrected chi connectivity index (χ3v) is 10.6. The molecule has 16 heteroatoms. The molecule has 0 radical (unpaired) electrons. The number of carbonyl (C=O) groups excluding carboxylic acids is 3. The Hall–Kier alpha value is -2.72. The second-order valence-corrected chi connectivity index (χ2v) is 13.4.